The standard InChI is InChI=1S/C17H17N3O4.CH4O3S/c1-10(15(21)22)11-4-8-14(9-5-11)24-16(23)12-2-6-13(7-3-12)20-17(18)19;1-5(2,3)4/h2-10H,1H3,(H,21,22)(H4,18,19,20);1H3,(H,2,3,4)/t10-;/m1./s1. The Morgan fingerprint density at radius 1 is 1.03 bits per heavy atom. The lowest BCUT2D eigenvalue weighted by molar-refractivity contribution is -0.138. The molecule has 2 rings (SSSR count). The van der Waals surface area contributed by atoms with Crippen LogP contribution in [-0.4, -0.2) is 42.2 Å². The number of aliphatic carboxylic acids is 1. The summed E-state index contributed by atoms with van der Waals surface area (Å²) in [5.41, 5.74) is 12.0. The lowest BCUT2D eigenvalue weighted by atomic mass is 10.0. The average molecular weight is 423 g/mol. The van der Waals surface area contributed by atoms with E-state index in [1.807, 2.05) is 0 Å². The first kappa shape index (κ1) is 23.6. The number of aliphatic imine (C=N–C) groups is 1. The first-order chi connectivity index (χ1) is 13.4. The largest absolute Gasteiger partial charge is 0.481 e. The number of ether oxygens (including phenoxy) is 1. The van der Waals surface area contributed by atoms with E-state index in [0.717, 1.165) is 0 Å². The van der Waals surface area contributed by atoms with Gasteiger partial charge in [0, 0.05) is 0 Å². The summed E-state index contributed by atoms with van der Waals surface area (Å²) < 4.78 is 31.1. The van der Waals surface area contributed by atoms with Gasteiger partial charge in [0.2, 0.25) is 0 Å². The molecule has 0 heterocycles. The molecule has 156 valence electrons. The molecule has 29 heavy (non-hydrogen) atoms. The van der Waals surface area contributed by atoms with Crippen molar-refractivity contribution in [3.8, 4) is 5.75 Å². The number of carboxylic acid groups (broad SMARTS) is 1. The molecular weight excluding hydrogens is 402 g/mol. The number of benzene rings is 2. The third kappa shape index (κ3) is 9.35. The summed E-state index contributed by atoms with van der Waals surface area (Å²) in [6.07, 6.45) is 0.715. The zero-order valence-electron chi connectivity index (χ0n) is 15.6. The highest BCUT2D eigenvalue weighted by Crippen LogP contribution is 2.21. The molecule has 1 atom stereocenters. The molecule has 0 unspecified atom stereocenters. The first-order valence-electron chi connectivity index (χ1n) is 8.04. The molecule has 0 fully saturated rings. The monoisotopic (exact) mass is 423 g/mol. The Hall–Kier alpha value is -3.44. The summed E-state index contributed by atoms with van der Waals surface area (Å²) in [5, 5.41) is 8.97. The van der Waals surface area contributed by atoms with Crippen LogP contribution in [0.5, 0.6) is 5.75 Å². The highest BCUT2D eigenvalue weighted by atomic mass is 32.2. The van der Waals surface area contributed by atoms with E-state index in [1.54, 1.807) is 55.5 Å². The molecular formula is C18H21N3O7S. The molecule has 2 aromatic rings. The third-order valence-electron chi connectivity index (χ3n) is 3.32. The molecule has 0 saturated carbocycles. The fraction of sp³-hybridized carbons (Fsp3) is 0.167. The van der Waals surface area contributed by atoms with Crippen molar-refractivity contribution >= 4 is 33.7 Å². The van der Waals surface area contributed by atoms with Gasteiger partial charge in [-0.1, -0.05) is 12.1 Å². The van der Waals surface area contributed by atoms with E-state index in [4.69, 9.17) is 25.9 Å². The summed E-state index contributed by atoms with van der Waals surface area (Å²) >= 11 is 0. The highest BCUT2D eigenvalue weighted by molar-refractivity contribution is 7.85. The maximum absolute atomic E-state index is 12.1. The number of guanidine groups is 1. The number of esters is 1. The van der Waals surface area contributed by atoms with Crippen LogP contribution in [0.15, 0.2) is 53.5 Å². The van der Waals surface area contributed by atoms with Crippen LogP contribution in [0.4, 0.5) is 5.69 Å². The van der Waals surface area contributed by atoms with Crippen molar-refractivity contribution in [3.63, 3.8) is 0 Å². The average Bonchev–Trinajstić information content (AvgIpc) is 2.60. The Bertz CT molecular complexity index is 973. The zero-order valence-corrected chi connectivity index (χ0v) is 16.5. The van der Waals surface area contributed by atoms with Gasteiger partial charge in [-0.2, -0.15) is 8.42 Å². The molecule has 0 bridgehead atoms. The molecule has 2 aromatic carbocycles. The Labute approximate surface area is 167 Å². The number of nitrogens with zero attached hydrogens (tertiary/aromatic N) is 1. The van der Waals surface area contributed by atoms with Crippen LogP contribution >= 0.6 is 0 Å². The van der Waals surface area contributed by atoms with E-state index in [2.05, 4.69) is 4.99 Å². The number of hydrogen-bond acceptors (Lipinski definition) is 6. The second-order valence-corrected chi connectivity index (χ2v) is 7.30. The quantitative estimate of drug-likeness (QED) is 0.182. The van der Waals surface area contributed by atoms with Gasteiger partial charge in [-0.05, 0) is 48.9 Å². The normalized spacial score (nSPS) is 11.4. The molecule has 0 saturated heterocycles. The molecule has 0 aliphatic heterocycles. The zero-order chi connectivity index (χ0) is 22.2. The predicted molar refractivity (Wildman–Crippen MR) is 107 cm³/mol. The van der Waals surface area contributed by atoms with Crippen LogP contribution in [0.2, 0.25) is 0 Å². The molecule has 0 spiro atoms. The highest BCUT2D eigenvalue weighted by Gasteiger charge is 2.14. The first-order valence-corrected chi connectivity index (χ1v) is 9.88. The number of hydrogen-bond donors (Lipinski definition) is 4. The summed E-state index contributed by atoms with van der Waals surface area (Å²) in [6, 6.07) is 12.6. The summed E-state index contributed by atoms with van der Waals surface area (Å²) in [5.74, 6) is -1.82. The molecule has 6 N–H and O–H groups in total. The van der Waals surface area contributed by atoms with Gasteiger partial charge in [-0.3, -0.25) is 9.35 Å². The lowest BCUT2D eigenvalue weighted by Gasteiger charge is -2.08. The Morgan fingerprint density at radius 2 is 1.52 bits per heavy atom. The minimum atomic E-state index is -3.67. The van der Waals surface area contributed by atoms with E-state index in [-0.39, 0.29) is 5.96 Å². The van der Waals surface area contributed by atoms with E-state index in [9.17, 15) is 18.0 Å². The maximum atomic E-state index is 12.1. The van der Waals surface area contributed by atoms with Crippen LogP contribution in [0, 0.1) is 0 Å². The topological polar surface area (TPSA) is 182 Å². The number of nitrogens with two attached hydrogens (primary N) is 2. The summed E-state index contributed by atoms with van der Waals surface area (Å²) in [6.45, 7) is 1.58. The fourth-order valence-corrected chi connectivity index (χ4v) is 1.95. The molecule has 0 aromatic heterocycles. The molecule has 0 amide bonds. The van der Waals surface area contributed by atoms with Gasteiger partial charge in [0.05, 0.1) is 23.4 Å². The van der Waals surface area contributed by atoms with Gasteiger partial charge >= 0.3 is 11.9 Å². The minimum Gasteiger partial charge on any atom is -0.481 e. The second-order valence-electron chi connectivity index (χ2n) is 5.84. The van der Waals surface area contributed by atoms with Crippen molar-refractivity contribution in [1.82, 2.24) is 0 Å². The van der Waals surface area contributed by atoms with Gasteiger partial charge in [-0.25, -0.2) is 9.79 Å². The van der Waals surface area contributed by atoms with Gasteiger partial charge in [0.15, 0.2) is 5.96 Å². The molecule has 0 aliphatic carbocycles. The maximum Gasteiger partial charge on any atom is 0.343 e. The summed E-state index contributed by atoms with van der Waals surface area (Å²) in [7, 11) is -3.67. The number of carbonyl (C=O) groups is 2. The Kier molecular flexibility index (Phi) is 8.30. The number of rotatable bonds is 5. The fourth-order valence-electron chi connectivity index (χ4n) is 1.95. The van der Waals surface area contributed by atoms with Crippen LogP contribution in [-0.2, 0) is 14.9 Å². The number of carbonyl (C=O) groups excluding carboxylic acids is 1. The molecule has 11 heteroatoms. The van der Waals surface area contributed by atoms with Gasteiger partial charge in [-0.15, -0.1) is 0 Å². The van der Waals surface area contributed by atoms with E-state index < -0.39 is 28.0 Å². The molecule has 10 nitrogen and oxygen atoms in total. The van der Waals surface area contributed by atoms with Crippen molar-refractivity contribution in [3.05, 3.63) is 59.7 Å². The molecule has 0 aliphatic rings. The van der Waals surface area contributed by atoms with Crippen molar-refractivity contribution in [1.29, 1.82) is 0 Å². The van der Waals surface area contributed by atoms with Crippen molar-refractivity contribution in [2.75, 3.05) is 6.26 Å². The second kappa shape index (κ2) is 10.2. The van der Waals surface area contributed by atoms with Crippen molar-refractivity contribution in [2.45, 2.75) is 12.8 Å². The summed E-state index contributed by atoms with van der Waals surface area (Å²) in [4.78, 5) is 26.9. The van der Waals surface area contributed by atoms with E-state index in [0.29, 0.717) is 28.8 Å². The van der Waals surface area contributed by atoms with Crippen LogP contribution in [0.1, 0.15) is 28.8 Å². The van der Waals surface area contributed by atoms with Gasteiger partial charge in [0.25, 0.3) is 10.1 Å². The van der Waals surface area contributed by atoms with Crippen LogP contribution in [0.25, 0.3) is 0 Å². The number of carboxylic acids is 1. The lowest BCUT2D eigenvalue weighted by Crippen LogP contribution is -2.21. The predicted octanol–water partition coefficient (Wildman–Crippen LogP) is 1.50. The van der Waals surface area contributed by atoms with Crippen molar-refractivity contribution in [2.24, 2.45) is 16.5 Å². The SMILES string of the molecule is CS(=O)(=O)O.C[C@@H](C(=O)O)c1ccc(OC(=O)c2ccc(N=C(N)N)cc2)cc1. The van der Waals surface area contributed by atoms with Gasteiger partial charge in [0.1, 0.15) is 5.75 Å². The van der Waals surface area contributed by atoms with Crippen LogP contribution < -0.4 is 16.2 Å². The minimum absolute atomic E-state index is 0.0685. The van der Waals surface area contributed by atoms with E-state index >= 15 is 0 Å². The molecule has 0 radical (unpaired) electrons. The smallest absolute Gasteiger partial charge is 0.343 e. The third-order valence-corrected chi connectivity index (χ3v) is 3.32. The van der Waals surface area contributed by atoms with Crippen LogP contribution in [0.3, 0.4) is 0 Å². The Morgan fingerprint density at radius 3 is 1.93 bits per heavy atom. The van der Waals surface area contributed by atoms with E-state index in [1.165, 1.54) is 0 Å². The van der Waals surface area contributed by atoms with Gasteiger partial charge < -0.3 is 21.3 Å². The van der Waals surface area contributed by atoms with Crippen molar-refractivity contribution < 1.29 is 32.4 Å². The Balaban J connectivity index is 0.000000749.